The summed E-state index contributed by atoms with van der Waals surface area (Å²) in [6.07, 6.45) is 1.55. The molecular formula is C23H23N9O4. The Balaban J connectivity index is 1.41. The quantitative estimate of drug-likeness (QED) is 0.278. The predicted octanol–water partition coefficient (Wildman–Crippen LogP) is 2.24. The van der Waals surface area contributed by atoms with E-state index in [0.29, 0.717) is 22.8 Å². The lowest BCUT2D eigenvalue weighted by atomic mass is 10.1. The van der Waals surface area contributed by atoms with Crippen LogP contribution in [0.4, 0.5) is 11.5 Å². The van der Waals surface area contributed by atoms with Crippen LogP contribution in [0.2, 0.25) is 0 Å². The first kappa shape index (κ1) is 22.8. The van der Waals surface area contributed by atoms with Crippen LogP contribution >= 0.6 is 0 Å². The van der Waals surface area contributed by atoms with Gasteiger partial charge in [-0.05, 0) is 60.1 Å². The average Bonchev–Trinajstić information content (AvgIpc) is 3.64. The topological polar surface area (TPSA) is 159 Å². The van der Waals surface area contributed by atoms with E-state index in [4.69, 9.17) is 19.8 Å². The molecule has 1 aliphatic rings. The van der Waals surface area contributed by atoms with Gasteiger partial charge < -0.3 is 20.1 Å². The van der Waals surface area contributed by atoms with Gasteiger partial charge in [-0.3, -0.25) is 4.79 Å². The SMILES string of the molecule is CCN(CC)c1ccc(C=NNC(=O)c2nnn(-c3nonc3N)c2-c2ccc3c(c2)OCO3)cc1. The van der Waals surface area contributed by atoms with Crippen LogP contribution in [0.15, 0.2) is 52.2 Å². The van der Waals surface area contributed by atoms with Crippen molar-refractivity contribution in [1.82, 2.24) is 30.7 Å². The zero-order valence-corrected chi connectivity index (χ0v) is 19.6. The van der Waals surface area contributed by atoms with Crippen LogP contribution in [0.3, 0.4) is 0 Å². The summed E-state index contributed by atoms with van der Waals surface area (Å²) in [5.74, 6) is 0.595. The van der Waals surface area contributed by atoms with E-state index in [2.05, 4.69) is 49.9 Å². The average molecular weight is 489 g/mol. The van der Waals surface area contributed by atoms with Gasteiger partial charge >= 0.3 is 0 Å². The van der Waals surface area contributed by atoms with Gasteiger partial charge in [0, 0.05) is 24.3 Å². The Bertz CT molecular complexity index is 1410. The summed E-state index contributed by atoms with van der Waals surface area (Å²) >= 11 is 0. The lowest BCUT2D eigenvalue weighted by Crippen LogP contribution is -2.21. The van der Waals surface area contributed by atoms with Crippen molar-refractivity contribution >= 4 is 23.6 Å². The number of anilines is 2. The molecule has 0 unspecified atom stereocenters. The second-order valence-corrected chi connectivity index (χ2v) is 7.70. The third-order valence-corrected chi connectivity index (χ3v) is 5.63. The first-order chi connectivity index (χ1) is 17.6. The summed E-state index contributed by atoms with van der Waals surface area (Å²) in [7, 11) is 0. The van der Waals surface area contributed by atoms with Crippen molar-refractivity contribution in [2.24, 2.45) is 5.10 Å². The summed E-state index contributed by atoms with van der Waals surface area (Å²) in [6, 6.07) is 13.0. The van der Waals surface area contributed by atoms with Gasteiger partial charge in [0.15, 0.2) is 17.2 Å². The van der Waals surface area contributed by atoms with Crippen LogP contribution in [-0.4, -0.2) is 57.3 Å². The lowest BCUT2D eigenvalue weighted by Gasteiger charge is -2.20. The minimum Gasteiger partial charge on any atom is -0.454 e. The molecule has 2 aromatic carbocycles. The number of benzene rings is 2. The molecule has 184 valence electrons. The van der Waals surface area contributed by atoms with E-state index in [1.165, 1.54) is 4.68 Å². The number of carbonyl (C=O) groups excluding carboxylic acids is 1. The number of rotatable bonds is 8. The Morgan fingerprint density at radius 2 is 1.92 bits per heavy atom. The second kappa shape index (κ2) is 9.74. The van der Waals surface area contributed by atoms with Crippen LogP contribution in [0, 0.1) is 0 Å². The zero-order valence-electron chi connectivity index (χ0n) is 19.6. The molecule has 5 rings (SSSR count). The molecule has 3 N–H and O–H groups in total. The number of amides is 1. The van der Waals surface area contributed by atoms with E-state index < -0.39 is 5.91 Å². The van der Waals surface area contributed by atoms with Gasteiger partial charge in [-0.25, -0.2) is 10.1 Å². The van der Waals surface area contributed by atoms with E-state index in [0.717, 1.165) is 24.3 Å². The highest BCUT2D eigenvalue weighted by molar-refractivity contribution is 5.99. The number of nitrogens with two attached hydrogens (primary N) is 1. The molecule has 0 atom stereocenters. The number of aromatic nitrogens is 5. The zero-order chi connectivity index (χ0) is 25.1. The van der Waals surface area contributed by atoms with E-state index in [-0.39, 0.29) is 24.1 Å². The van der Waals surface area contributed by atoms with Gasteiger partial charge in [0.1, 0.15) is 5.69 Å². The first-order valence-electron chi connectivity index (χ1n) is 11.2. The highest BCUT2D eigenvalue weighted by Crippen LogP contribution is 2.37. The molecule has 13 heteroatoms. The van der Waals surface area contributed by atoms with Crippen LogP contribution in [0.25, 0.3) is 17.1 Å². The molecule has 0 saturated heterocycles. The van der Waals surface area contributed by atoms with E-state index in [9.17, 15) is 4.79 Å². The van der Waals surface area contributed by atoms with E-state index in [1.54, 1.807) is 24.4 Å². The second-order valence-electron chi connectivity index (χ2n) is 7.70. The molecule has 36 heavy (non-hydrogen) atoms. The first-order valence-corrected chi connectivity index (χ1v) is 11.2. The molecule has 0 radical (unpaired) electrons. The number of hydrazone groups is 1. The highest BCUT2D eigenvalue weighted by atomic mass is 16.7. The Morgan fingerprint density at radius 3 is 2.64 bits per heavy atom. The number of nitrogens with zero attached hydrogens (tertiary/aromatic N) is 7. The maximum Gasteiger partial charge on any atom is 0.294 e. The molecule has 13 nitrogen and oxygen atoms in total. The Kier molecular flexibility index (Phi) is 6.18. The fraction of sp³-hybridized carbons (Fsp3) is 0.217. The summed E-state index contributed by atoms with van der Waals surface area (Å²) in [5.41, 5.74) is 11.2. The molecular weight excluding hydrogens is 466 g/mol. The van der Waals surface area contributed by atoms with Crippen LogP contribution in [0.5, 0.6) is 11.5 Å². The normalized spacial score (nSPS) is 12.3. The molecule has 0 aliphatic carbocycles. The maximum absolute atomic E-state index is 13.1. The minimum absolute atomic E-state index is 0.00898. The summed E-state index contributed by atoms with van der Waals surface area (Å²) in [6.45, 7) is 6.16. The number of fused-ring (bicyclic) bond motifs is 1. The van der Waals surface area contributed by atoms with Crippen molar-refractivity contribution in [2.45, 2.75) is 13.8 Å². The number of hydrogen-bond donors (Lipinski definition) is 2. The maximum atomic E-state index is 13.1. The van der Waals surface area contributed by atoms with Gasteiger partial charge in [-0.15, -0.1) is 5.10 Å². The van der Waals surface area contributed by atoms with Crippen molar-refractivity contribution in [2.75, 3.05) is 30.5 Å². The lowest BCUT2D eigenvalue weighted by molar-refractivity contribution is 0.0950. The molecule has 1 aliphatic heterocycles. The van der Waals surface area contributed by atoms with Gasteiger partial charge in [-0.1, -0.05) is 17.3 Å². The molecule has 0 spiro atoms. The molecule has 2 aromatic heterocycles. The fourth-order valence-corrected chi connectivity index (χ4v) is 3.80. The van der Waals surface area contributed by atoms with Gasteiger partial charge in [0.05, 0.1) is 6.21 Å². The standard InChI is InChI=1S/C23H23N9O4/c1-3-31(4-2)16-8-5-14(6-9-16)12-25-27-23(33)19-20(15-7-10-17-18(11-15)35-13-34-17)32(30-26-19)22-21(24)28-36-29-22/h5-12H,3-4,13H2,1-2H3,(H2,24,28)(H,27,33). The molecule has 0 bridgehead atoms. The number of ether oxygens (including phenoxy) is 2. The largest absolute Gasteiger partial charge is 0.454 e. The van der Waals surface area contributed by atoms with Crippen LogP contribution in [-0.2, 0) is 0 Å². The fourth-order valence-electron chi connectivity index (χ4n) is 3.80. The molecule has 4 aromatic rings. The Morgan fingerprint density at radius 1 is 1.14 bits per heavy atom. The van der Waals surface area contributed by atoms with Crippen molar-refractivity contribution in [1.29, 1.82) is 0 Å². The number of nitrogens with one attached hydrogen (secondary N) is 1. The molecule has 1 amide bonds. The van der Waals surface area contributed by atoms with Crippen molar-refractivity contribution in [3.8, 4) is 28.6 Å². The molecule has 0 fully saturated rings. The van der Waals surface area contributed by atoms with Crippen LogP contribution < -0.4 is 25.5 Å². The van der Waals surface area contributed by atoms with E-state index in [1.807, 2.05) is 24.3 Å². The van der Waals surface area contributed by atoms with Crippen molar-refractivity contribution < 1.29 is 18.9 Å². The minimum atomic E-state index is -0.583. The summed E-state index contributed by atoms with van der Waals surface area (Å²) in [5, 5.41) is 19.5. The summed E-state index contributed by atoms with van der Waals surface area (Å²) in [4.78, 5) is 15.3. The Hall–Kier alpha value is -4.94. The smallest absolute Gasteiger partial charge is 0.294 e. The van der Waals surface area contributed by atoms with Gasteiger partial charge in [0.2, 0.25) is 18.4 Å². The third-order valence-electron chi connectivity index (χ3n) is 5.63. The number of hydrogen-bond acceptors (Lipinski definition) is 11. The van der Waals surface area contributed by atoms with Gasteiger partial charge in [-0.2, -0.15) is 9.78 Å². The monoisotopic (exact) mass is 489 g/mol. The van der Waals surface area contributed by atoms with Crippen LogP contribution in [0.1, 0.15) is 29.9 Å². The van der Waals surface area contributed by atoms with E-state index >= 15 is 0 Å². The number of carbonyl (C=O) groups is 1. The summed E-state index contributed by atoms with van der Waals surface area (Å²) < 4.78 is 16.8. The molecule has 0 saturated carbocycles. The Labute approximate surface area is 205 Å². The third kappa shape index (κ3) is 4.29. The highest BCUT2D eigenvalue weighted by Gasteiger charge is 2.26. The number of nitrogen functional groups attached to an aromatic ring is 1. The predicted molar refractivity (Wildman–Crippen MR) is 130 cm³/mol. The van der Waals surface area contributed by atoms with Crippen molar-refractivity contribution in [3.05, 3.63) is 53.7 Å². The van der Waals surface area contributed by atoms with Gasteiger partial charge in [0.25, 0.3) is 5.91 Å². The molecule has 3 heterocycles. The van der Waals surface area contributed by atoms with Crippen molar-refractivity contribution in [3.63, 3.8) is 0 Å².